The van der Waals surface area contributed by atoms with Gasteiger partial charge < -0.3 is 9.80 Å². The molecule has 0 N–H and O–H groups in total. The van der Waals surface area contributed by atoms with E-state index in [9.17, 15) is 0 Å². The Morgan fingerprint density at radius 2 is 0.769 bits per heavy atom. The first-order chi connectivity index (χ1) is 19.3. The number of hydrogen-bond donors (Lipinski definition) is 0. The molecule has 0 atom stereocenters. The SMILES string of the molecule is c1ccc(C2=C(c3ccccc3)N(Cc3ccc4ccccc4c3)CN2Cc2ccc3ccccc3c2)cc1. The number of rotatable bonds is 6. The van der Waals surface area contributed by atoms with Gasteiger partial charge in [0.25, 0.3) is 0 Å². The Balaban J connectivity index is 1.33. The molecule has 2 heteroatoms. The Kier molecular flexibility index (Phi) is 6.07. The average molecular weight is 503 g/mol. The number of hydrogen-bond acceptors (Lipinski definition) is 2. The molecule has 2 nitrogen and oxygen atoms in total. The highest BCUT2D eigenvalue weighted by molar-refractivity contribution is 5.91. The Labute approximate surface area is 230 Å². The summed E-state index contributed by atoms with van der Waals surface area (Å²) in [7, 11) is 0. The van der Waals surface area contributed by atoms with E-state index in [2.05, 4.69) is 155 Å². The van der Waals surface area contributed by atoms with Crippen molar-refractivity contribution in [3.63, 3.8) is 0 Å². The predicted molar refractivity (Wildman–Crippen MR) is 164 cm³/mol. The van der Waals surface area contributed by atoms with Crippen LogP contribution in [0.25, 0.3) is 32.9 Å². The first-order valence-electron chi connectivity index (χ1n) is 13.6. The lowest BCUT2D eigenvalue weighted by atomic mass is 10.0. The van der Waals surface area contributed by atoms with Crippen LogP contribution >= 0.6 is 0 Å². The van der Waals surface area contributed by atoms with Crippen LogP contribution in [0.2, 0.25) is 0 Å². The molecule has 0 fully saturated rings. The van der Waals surface area contributed by atoms with E-state index in [1.807, 2.05) is 0 Å². The van der Waals surface area contributed by atoms with E-state index in [-0.39, 0.29) is 0 Å². The fraction of sp³-hybridized carbons (Fsp3) is 0.0811. The number of benzene rings is 6. The van der Waals surface area contributed by atoms with Crippen molar-refractivity contribution in [3.8, 4) is 0 Å². The van der Waals surface area contributed by atoms with Gasteiger partial charge in [0, 0.05) is 24.2 Å². The summed E-state index contributed by atoms with van der Waals surface area (Å²) in [4.78, 5) is 5.09. The van der Waals surface area contributed by atoms with Gasteiger partial charge in [0.1, 0.15) is 0 Å². The van der Waals surface area contributed by atoms with E-state index >= 15 is 0 Å². The molecule has 0 amide bonds. The minimum absolute atomic E-state index is 0.827. The molecule has 0 unspecified atom stereocenters. The van der Waals surface area contributed by atoms with Gasteiger partial charge in [0.2, 0.25) is 0 Å². The zero-order chi connectivity index (χ0) is 26.0. The lowest BCUT2D eigenvalue weighted by Crippen LogP contribution is -2.27. The predicted octanol–water partition coefficient (Wildman–Crippen LogP) is 8.79. The Bertz CT molecular complexity index is 1650. The van der Waals surface area contributed by atoms with Gasteiger partial charge in [-0.2, -0.15) is 0 Å². The Morgan fingerprint density at radius 1 is 0.385 bits per heavy atom. The van der Waals surface area contributed by atoms with E-state index in [4.69, 9.17) is 0 Å². The smallest absolute Gasteiger partial charge is 0.0911 e. The highest BCUT2D eigenvalue weighted by Crippen LogP contribution is 2.40. The van der Waals surface area contributed by atoms with Gasteiger partial charge in [-0.05, 0) is 44.8 Å². The number of nitrogens with zero attached hydrogens (tertiary/aromatic N) is 2. The summed E-state index contributed by atoms with van der Waals surface area (Å²) in [6.07, 6.45) is 0. The molecule has 188 valence electrons. The van der Waals surface area contributed by atoms with Crippen LogP contribution in [0.5, 0.6) is 0 Å². The molecule has 1 heterocycles. The van der Waals surface area contributed by atoms with Crippen molar-refractivity contribution in [2.24, 2.45) is 0 Å². The maximum atomic E-state index is 2.54. The summed E-state index contributed by atoms with van der Waals surface area (Å²) in [6, 6.07) is 52.7. The van der Waals surface area contributed by atoms with Gasteiger partial charge in [-0.25, -0.2) is 0 Å². The van der Waals surface area contributed by atoms with E-state index in [0.717, 1.165) is 19.8 Å². The molecule has 6 aromatic rings. The Morgan fingerprint density at radius 3 is 1.21 bits per heavy atom. The molecular formula is C37H30N2. The van der Waals surface area contributed by atoms with E-state index in [0.29, 0.717) is 0 Å². The van der Waals surface area contributed by atoms with Crippen LogP contribution in [0.1, 0.15) is 22.3 Å². The molecule has 0 bridgehead atoms. The molecule has 1 aliphatic rings. The summed E-state index contributed by atoms with van der Waals surface area (Å²) >= 11 is 0. The second-order valence-electron chi connectivity index (χ2n) is 10.3. The third kappa shape index (κ3) is 4.66. The van der Waals surface area contributed by atoms with Crippen LogP contribution in [-0.2, 0) is 13.1 Å². The summed E-state index contributed by atoms with van der Waals surface area (Å²) in [5.41, 5.74) is 7.71. The van der Waals surface area contributed by atoms with Gasteiger partial charge in [0.15, 0.2) is 0 Å². The second-order valence-corrected chi connectivity index (χ2v) is 10.3. The van der Waals surface area contributed by atoms with Crippen molar-refractivity contribution < 1.29 is 0 Å². The molecule has 6 aromatic carbocycles. The number of fused-ring (bicyclic) bond motifs is 2. The molecule has 0 aromatic heterocycles. The third-order valence-electron chi connectivity index (χ3n) is 7.67. The summed E-state index contributed by atoms with van der Waals surface area (Å²) in [5.74, 6) is 0. The van der Waals surface area contributed by atoms with Crippen LogP contribution in [-0.4, -0.2) is 16.5 Å². The minimum atomic E-state index is 0.827. The average Bonchev–Trinajstić information content (AvgIpc) is 3.35. The third-order valence-corrected chi connectivity index (χ3v) is 7.67. The van der Waals surface area contributed by atoms with Crippen LogP contribution in [0.15, 0.2) is 146 Å². The summed E-state index contributed by atoms with van der Waals surface area (Å²) in [5, 5.41) is 5.14. The van der Waals surface area contributed by atoms with Crippen molar-refractivity contribution in [2.75, 3.05) is 6.67 Å². The molecule has 0 spiro atoms. The molecule has 0 aliphatic carbocycles. The highest BCUT2D eigenvalue weighted by atomic mass is 15.4. The molecule has 0 radical (unpaired) electrons. The van der Waals surface area contributed by atoms with Crippen molar-refractivity contribution >= 4 is 32.9 Å². The molecular weight excluding hydrogens is 472 g/mol. The fourth-order valence-corrected chi connectivity index (χ4v) is 5.85. The highest BCUT2D eigenvalue weighted by Gasteiger charge is 2.31. The van der Waals surface area contributed by atoms with Crippen molar-refractivity contribution in [3.05, 3.63) is 168 Å². The summed E-state index contributed by atoms with van der Waals surface area (Å²) in [6.45, 7) is 2.52. The lowest BCUT2D eigenvalue weighted by Gasteiger charge is -2.25. The lowest BCUT2D eigenvalue weighted by molar-refractivity contribution is 0.269. The van der Waals surface area contributed by atoms with E-state index in [1.165, 1.54) is 55.2 Å². The first kappa shape index (κ1) is 23.3. The van der Waals surface area contributed by atoms with Crippen molar-refractivity contribution in [1.82, 2.24) is 9.80 Å². The molecule has 0 saturated heterocycles. The van der Waals surface area contributed by atoms with Crippen molar-refractivity contribution in [1.29, 1.82) is 0 Å². The van der Waals surface area contributed by atoms with E-state index in [1.54, 1.807) is 0 Å². The Hall–Kier alpha value is -4.82. The van der Waals surface area contributed by atoms with Gasteiger partial charge in [-0.3, -0.25) is 0 Å². The minimum Gasteiger partial charge on any atom is -0.347 e. The van der Waals surface area contributed by atoms with Crippen LogP contribution in [0.3, 0.4) is 0 Å². The molecule has 0 saturated carbocycles. The second kappa shape index (κ2) is 10.2. The van der Waals surface area contributed by atoms with Gasteiger partial charge in [-0.1, -0.05) is 133 Å². The van der Waals surface area contributed by atoms with Crippen LogP contribution < -0.4 is 0 Å². The topological polar surface area (TPSA) is 6.48 Å². The van der Waals surface area contributed by atoms with Gasteiger partial charge in [0.05, 0.1) is 18.1 Å². The molecule has 39 heavy (non-hydrogen) atoms. The monoisotopic (exact) mass is 502 g/mol. The van der Waals surface area contributed by atoms with Gasteiger partial charge in [-0.15, -0.1) is 0 Å². The van der Waals surface area contributed by atoms with Gasteiger partial charge >= 0.3 is 0 Å². The largest absolute Gasteiger partial charge is 0.347 e. The fourth-order valence-electron chi connectivity index (χ4n) is 5.85. The van der Waals surface area contributed by atoms with Crippen LogP contribution in [0, 0.1) is 0 Å². The standard InChI is InChI=1S/C37H30N2/c1-3-13-32(14-4-1)36-37(33-15-5-2-6-16-33)39(26-29-20-22-31-12-8-10-18-35(31)24-29)27-38(36)25-28-19-21-30-11-7-9-17-34(30)23-28/h1-24H,25-27H2. The normalized spacial score (nSPS) is 13.5. The first-order valence-corrected chi connectivity index (χ1v) is 13.6. The maximum Gasteiger partial charge on any atom is 0.0911 e. The maximum absolute atomic E-state index is 2.54. The van der Waals surface area contributed by atoms with Crippen molar-refractivity contribution in [2.45, 2.75) is 13.1 Å². The molecule has 1 aliphatic heterocycles. The quantitative estimate of drug-likeness (QED) is 0.225. The van der Waals surface area contributed by atoms with Crippen LogP contribution in [0.4, 0.5) is 0 Å². The van der Waals surface area contributed by atoms with E-state index < -0.39 is 0 Å². The molecule has 7 rings (SSSR count). The zero-order valence-corrected chi connectivity index (χ0v) is 21.9. The zero-order valence-electron chi connectivity index (χ0n) is 21.9. The summed E-state index contributed by atoms with van der Waals surface area (Å²) < 4.78 is 0.